The summed E-state index contributed by atoms with van der Waals surface area (Å²) in [5.74, 6) is -0.209. The maximum Gasteiger partial charge on any atom is 0.435 e. The van der Waals surface area contributed by atoms with Crippen LogP contribution in [0.1, 0.15) is 15.4 Å². The highest BCUT2D eigenvalue weighted by Crippen LogP contribution is 2.37. The van der Waals surface area contributed by atoms with Crippen LogP contribution < -0.4 is 5.32 Å². The summed E-state index contributed by atoms with van der Waals surface area (Å²) in [5.41, 5.74) is -0.993. The Morgan fingerprint density at radius 1 is 1.39 bits per heavy atom. The SMILES string of the molecule is Cn1nc(C(F)(F)F)c2cc(C(=O)Nc3ccc(Br)cn3)sc21. The normalized spacial score (nSPS) is 11.9. The van der Waals surface area contributed by atoms with E-state index in [2.05, 4.69) is 31.3 Å². The van der Waals surface area contributed by atoms with Crippen molar-refractivity contribution in [1.29, 1.82) is 0 Å². The first kappa shape index (κ1) is 15.9. The van der Waals surface area contributed by atoms with Gasteiger partial charge in [0.1, 0.15) is 10.6 Å². The lowest BCUT2D eigenvalue weighted by atomic mass is 10.2. The Bertz CT molecular complexity index is 885. The third kappa shape index (κ3) is 3.08. The van der Waals surface area contributed by atoms with E-state index in [4.69, 9.17) is 0 Å². The minimum Gasteiger partial charge on any atom is -0.306 e. The van der Waals surface area contributed by atoms with Crippen molar-refractivity contribution in [2.24, 2.45) is 7.05 Å². The molecule has 3 aromatic rings. The van der Waals surface area contributed by atoms with Crippen molar-refractivity contribution in [2.45, 2.75) is 6.18 Å². The standard InChI is InChI=1S/C13H8BrF3N4OS/c1-21-12-7(10(20-21)13(15,16)17)4-8(23-12)11(22)19-9-3-2-6(14)5-18-9/h2-5H,1H3,(H,18,19,22). The van der Waals surface area contributed by atoms with E-state index in [9.17, 15) is 18.0 Å². The highest BCUT2D eigenvalue weighted by molar-refractivity contribution is 9.10. The number of amides is 1. The molecule has 1 N–H and O–H groups in total. The van der Waals surface area contributed by atoms with Gasteiger partial charge >= 0.3 is 6.18 Å². The van der Waals surface area contributed by atoms with Gasteiger partial charge in [-0.25, -0.2) is 4.98 Å². The molecule has 0 aliphatic heterocycles. The Morgan fingerprint density at radius 3 is 2.74 bits per heavy atom. The number of anilines is 1. The van der Waals surface area contributed by atoms with Crippen LogP contribution in [0.4, 0.5) is 19.0 Å². The average Bonchev–Trinajstić information content (AvgIpc) is 3.02. The predicted molar refractivity (Wildman–Crippen MR) is 83.5 cm³/mol. The molecule has 0 saturated heterocycles. The van der Waals surface area contributed by atoms with E-state index < -0.39 is 17.8 Å². The van der Waals surface area contributed by atoms with Crippen molar-refractivity contribution in [2.75, 3.05) is 5.32 Å². The maximum absolute atomic E-state index is 12.9. The number of aryl methyl sites for hydroxylation is 1. The summed E-state index contributed by atoms with van der Waals surface area (Å²) in [4.78, 5) is 16.6. The fraction of sp³-hybridized carbons (Fsp3) is 0.154. The van der Waals surface area contributed by atoms with Gasteiger partial charge < -0.3 is 5.32 Å². The average molecular weight is 405 g/mol. The molecule has 0 aliphatic carbocycles. The van der Waals surface area contributed by atoms with E-state index in [0.717, 1.165) is 20.5 Å². The number of carbonyl (C=O) groups is 1. The molecular formula is C13H8BrF3N4OS. The van der Waals surface area contributed by atoms with Crippen LogP contribution in [0.3, 0.4) is 0 Å². The molecule has 3 rings (SSSR count). The number of aromatic nitrogens is 3. The van der Waals surface area contributed by atoms with Gasteiger partial charge in [-0.3, -0.25) is 9.48 Å². The van der Waals surface area contributed by atoms with Crippen LogP contribution in [0.5, 0.6) is 0 Å². The van der Waals surface area contributed by atoms with Crippen molar-refractivity contribution < 1.29 is 18.0 Å². The number of alkyl halides is 3. The van der Waals surface area contributed by atoms with Crippen LogP contribution in [0.25, 0.3) is 10.2 Å². The quantitative estimate of drug-likeness (QED) is 0.700. The first-order chi connectivity index (χ1) is 10.8. The third-order valence-electron chi connectivity index (χ3n) is 2.97. The number of rotatable bonds is 2. The van der Waals surface area contributed by atoms with E-state index in [1.807, 2.05) is 0 Å². The molecule has 0 spiro atoms. The molecule has 3 aromatic heterocycles. The number of thiophene rings is 1. The Kier molecular flexibility index (Phi) is 3.88. The van der Waals surface area contributed by atoms with Gasteiger partial charge in [-0.1, -0.05) is 0 Å². The van der Waals surface area contributed by atoms with Gasteiger partial charge in [0.25, 0.3) is 5.91 Å². The van der Waals surface area contributed by atoms with Crippen LogP contribution in [-0.2, 0) is 13.2 Å². The summed E-state index contributed by atoms with van der Waals surface area (Å²) < 4.78 is 40.7. The van der Waals surface area contributed by atoms with Crippen LogP contribution in [-0.4, -0.2) is 20.7 Å². The maximum atomic E-state index is 12.9. The monoisotopic (exact) mass is 404 g/mol. The largest absolute Gasteiger partial charge is 0.435 e. The first-order valence-electron chi connectivity index (χ1n) is 6.22. The van der Waals surface area contributed by atoms with Crippen molar-refractivity contribution in [1.82, 2.24) is 14.8 Å². The van der Waals surface area contributed by atoms with Crippen LogP contribution >= 0.6 is 27.3 Å². The van der Waals surface area contributed by atoms with E-state index in [1.54, 1.807) is 12.1 Å². The Hall–Kier alpha value is -1.94. The number of nitrogens with zero attached hydrogens (tertiary/aromatic N) is 3. The fourth-order valence-electron chi connectivity index (χ4n) is 1.99. The number of nitrogens with one attached hydrogen (secondary N) is 1. The third-order valence-corrected chi connectivity index (χ3v) is 4.64. The zero-order chi connectivity index (χ0) is 16.8. The molecule has 0 aromatic carbocycles. The van der Waals surface area contributed by atoms with Crippen molar-refractivity contribution >= 4 is 49.2 Å². The minimum absolute atomic E-state index is 0.0843. The predicted octanol–water partition coefficient (Wildman–Crippen LogP) is 4.06. The second-order valence-corrected chi connectivity index (χ2v) is 6.56. The van der Waals surface area contributed by atoms with E-state index in [1.165, 1.54) is 19.3 Å². The van der Waals surface area contributed by atoms with Crippen molar-refractivity contribution in [3.05, 3.63) is 39.4 Å². The summed E-state index contributed by atoms with van der Waals surface area (Å²) >= 11 is 4.16. The summed E-state index contributed by atoms with van der Waals surface area (Å²) in [7, 11) is 1.41. The molecule has 0 fully saturated rings. The van der Waals surface area contributed by atoms with Gasteiger partial charge in [0.05, 0.1) is 4.88 Å². The van der Waals surface area contributed by atoms with E-state index >= 15 is 0 Å². The van der Waals surface area contributed by atoms with Gasteiger partial charge in [-0.05, 0) is 34.1 Å². The van der Waals surface area contributed by atoms with Gasteiger partial charge in [0.15, 0.2) is 5.69 Å². The van der Waals surface area contributed by atoms with Gasteiger partial charge in [-0.2, -0.15) is 18.3 Å². The van der Waals surface area contributed by atoms with Crippen LogP contribution in [0, 0.1) is 0 Å². The number of carbonyl (C=O) groups excluding carboxylic acids is 1. The molecule has 1 amide bonds. The van der Waals surface area contributed by atoms with Crippen molar-refractivity contribution in [3.8, 4) is 0 Å². The lowest BCUT2D eigenvalue weighted by Gasteiger charge is -2.03. The highest BCUT2D eigenvalue weighted by atomic mass is 79.9. The Labute approximate surface area is 140 Å². The smallest absolute Gasteiger partial charge is 0.306 e. The number of hydrogen-bond donors (Lipinski definition) is 1. The highest BCUT2D eigenvalue weighted by Gasteiger charge is 2.37. The molecule has 3 heterocycles. The number of hydrogen-bond acceptors (Lipinski definition) is 4. The van der Waals surface area contributed by atoms with Gasteiger partial charge in [0, 0.05) is 23.1 Å². The fourth-order valence-corrected chi connectivity index (χ4v) is 3.19. The summed E-state index contributed by atoms with van der Waals surface area (Å²) in [6.07, 6.45) is -3.06. The zero-order valence-corrected chi connectivity index (χ0v) is 13.9. The van der Waals surface area contributed by atoms with Crippen LogP contribution in [0.15, 0.2) is 28.9 Å². The first-order valence-corrected chi connectivity index (χ1v) is 7.83. The molecule has 120 valence electrons. The van der Waals surface area contributed by atoms with E-state index in [-0.39, 0.29) is 15.1 Å². The molecule has 0 unspecified atom stereocenters. The minimum atomic E-state index is -4.57. The molecule has 0 radical (unpaired) electrons. The van der Waals surface area contributed by atoms with Gasteiger partial charge in [-0.15, -0.1) is 11.3 Å². The molecule has 10 heteroatoms. The lowest BCUT2D eigenvalue weighted by Crippen LogP contribution is -2.11. The lowest BCUT2D eigenvalue weighted by molar-refractivity contribution is -0.140. The summed E-state index contributed by atoms with van der Waals surface area (Å²) in [6, 6.07) is 4.47. The second-order valence-electron chi connectivity index (χ2n) is 4.62. The molecular weight excluding hydrogens is 397 g/mol. The zero-order valence-electron chi connectivity index (χ0n) is 11.5. The summed E-state index contributed by atoms with van der Waals surface area (Å²) in [6.45, 7) is 0. The Balaban J connectivity index is 1.94. The molecule has 23 heavy (non-hydrogen) atoms. The molecule has 0 bridgehead atoms. The molecule has 0 atom stereocenters. The summed E-state index contributed by atoms with van der Waals surface area (Å²) in [5, 5.41) is 5.93. The molecule has 0 aliphatic rings. The van der Waals surface area contributed by atoms with Gasteiger partial charge in [0.2, 0.25) is 0 Å². The van der Waals surface area contributed by atoms with Crippen LogP contribution in [0.2, 0.25) is 0 Å². The topological polar surface area (TPSA) is 59.8 Å². The number of halogens is 4. The number of fused-ring (bicyclic) bond motifs is 1. The van der Waals surface area contributed by atoms with E-state index in [0.29, 0.717) is 5.82 Å². The van der Waals surface area contributed by atoms with Crippen molar-refractivity contribution in [3.63, 3.8) is 0 Å². The second kappa shape index (κ2) is 5.60. The molecule has 0 saturated carbocycles. The number of pyridine rings is 1. The molecule has 5 nitrogen and oxygen atoms in total. The Morgan fingerprint density at radius 2 is 2.13 bits per heavy atom.